The quantitative estimate of drug-likeness (QED) is 0.759. The summed E-state index contributed by atoms with van der Waals surface area (Å²) in [5.74, 6) is 0.834. The van der Waals surface area contributed by atoms with Crippen molar-refractivity contribution in [2.24, 2.45) is 0 Å². The molecule has 3 rings (SSSR count). The van der Waals surface area contributed by atoms with Gasteiger partial charge in [-0.1, -0.05) is 45.0 Å². The van der Waals surface area contributed by atoms with Crippen LogP contribution in [0.4, 0.5) is 10.5 Å². The van der Waals surface area contributed by atoms with Crippen LogP contribution in [0.2, 0.25) is 0 Å². The Morgan fingerprint density at radius 1 is 1.03 bits per heavy atom. The maximum Gasteiger partial charge on any atom is 0.319 e. The molecule has 29 heavy (non-hydrogen) atoms. The number of hydrogen-bond acceptors (Lipinski definition) is 3. The Morgan fingerprint density at radius 2 is 1.66 bits per heavy atom. The molecule has 2 amide bonds. The van der Waals surface area contributed by atoms with E-state index in [4.69, 9.17) is 9.47 Å². The van der Waals surface area contributed by atoms with Gasteiger partial charge < -0.3 is 20.1 Å². The average Bonchev–Trinajstić information content (AvgIpc) is 2.73. The first kappa shape index (κ1) is 21.2. The molecular formula is C24H32N2O3. The second kappa shape index (κ2) is 8.87. The minimum atomic E-state index is -0.187. The third kappa shape index (κ3) is 5.30. The Bertz CT molecular complexity index is 802. The van der Waals surface area contributed by atoms with Crippen molar-refractivity contribution in [1.82, 2.24) is 5.32 Å². The average molecular weight is 397 g/mol. The third-order valence-electron chi connectivity index (χ3n) is 5.75. The van der Waals surface area contributed by atoms with Crippen LogP contribution in [-0.4, -0.2) is 32.9 Å². The molecule has 0 atom stereocenters. The Kier molecular flexibility index (Phi) is 6.48. The number of methoxy groups -OCH3 is 1. The molecule has 0 spiro atoms. The highest BCUT2D eigenvalue weighted by Crippen LogP contribution is 2.35. The van der Waals surface area contributed by atoms with Crippen LogP contribution in [0.5, 0.6) is 5.75 Å². The smallest absolute Gasteiger partial charge is 0.319 e. The lowest BCUT2D eigenvalue weighted by atomic mass is 9.74. The lowest BCUT2D eigenvalue weighted by Crippen LogP contribution is -2.45. The molecule has 1 aliphatic heterocycles. The highest BCUT2D eigenvalue weighted by atomic mass is 16.5. The van der Waals surface area contributed by atoms with Crippen molar-refractivity contribution in [3.05, 3.63) is 59.7 Å². The van der Waals surface area contributed by atoms with E-state index in [1.807, 2.05) is 24.3 Å². The van der Waals surface area contributed by atoms with Gasteiger partial charge in [-0.3, -0.25) is 0 Å². The molecule has 5 nitrogen and oxygen atoms in total. The first-order valence-electron chi connectivity index (χ1n) is 10.2. The van der Waals surface area contributed by atoms with Crippen molar-refractivity contribution in [2.75, 3.05) is 32.2 Å². The topological polar surface area (TPSA) is 59.6 Å². The summed E-state index contributed by atoms with van der Waals surface area (Å²) >= 11 is 0. The number of ether oxygens (including phenoxy) is 2. The number of rotatable bonds is 5. The maximum absolute atomic E-state index is 12.5. The molecule has 0 saturated carbocycles. The SMILES string of the molecule is COc1ccc(C2(CNC(=O)Nc3ccc(C(C)(C)C)cc3)CCOCC2)cc1. The van der Waals surface area contributed by atoms with Crippen molar-refractivity contribution >= 4 is 11.7 Å². The van der Waals surface area contributed by atoms with Gasteiger partial charge in [0.05, 0.1) is 7.11 Å². The van der Waals surface area contributed by atoms with Crippen LogP contribution in [-0.2, 0) is 15.6 Å². The van der Waals surface area contributed by atoms with Crippen LogP contribution < -0.4 is 15.4 Å². The van der Waals surface area contributed by atoms with Gasteiger partial charge >= 0.3 is 6.03 Å². The predicted molar refractivity (Wildman–Crippen MR) is 117 cm³/mol. The zero-order chi connectivity index (χ0) is 20.9. The Balaban J connectivity index is 1.65. The first-order chi connectivity index (χ1) is 13.8. The van der Waals surface area contributed by atoms with Crippen LogP contribution in [0.15, 0.2) is 48.5 Å². The minimum absolute atomic E-state index is 0.0919. The van der Waals surface area contributed by atoms with E-state index < -0.39 is 0 Å². The molecule has 1 fully saturated rings. The molecule has 2 aromatic carbocycles. The highest BCUT2D eigenvalue weighted by Gasteiger charge is 2.35. The summed E-state index contributed by atoms with van der Waals surface area (Å²) in [6.07, 6.45) is 1.75. The zero-order valence-corrected chi connectivity index (χ0v) is 17.9. The van der Waals surface area contributed by atoms with Crippen LogP contribution in [0.3, 0.4) is 0 Å². The van der Waals surface area contributed by atoms with E-state index in [2.05, 4.69) is 55.7 Å². The summed E-state index contributed by atoms with van der Waals surface area (Å²) < 4.78 is 10.9. The number of carbonyl (C=O) groups excluding carboxylic acids is 1. The summed E-state index contributed by atoms with van der Waals surface area (Å²) in [6.45, 7) is 8.49. The fraction of sp³-hybridized carbons (Fsp3) is 0.458. The van der Waals surface area contributed by atoms with E-state index in [-0.39, 0.29) is 16.9 Å². The van der Waals surface area contributed by atoms with Crippen LogP contribution in [0.25, 0.3) is 0 Å². The highest BCUT2D eigenvalue weighted by molar-refractivity contribution is 5.89. The van der Waals surface area contributed by atoms with Crippen molar-refractivity contribution in [1.29, 1.82) is 0 Å². The number of urea groups is 1. The van der Waals surface area contributed by atoms with Gasteiger partial charge in [-0.15, -0.1) is 0 Å². The van der Waals surface area contributed by atoms with E-state index in [1.165, 1.54) is 11.1 Å². The number of anilines is 1. The second-order valence-corrected chi connectivity index (χ2v) is 8.76. The molecule has 0 bridgehead atoms. The van der Waals surface area contributed by atoms with Gasteiger partial charge in [-0.2, -0.15) is 0 Å². The van der Waals surface area contributed by atoms with Crippen molar-refractivity contribution in [2.45, 2.75) is 44.4 Å². The minimum Gasteiger partial charge on any atom is -0.497 e. The molecule has 2 aromatic rings. The number of amides is 2. The summed E-state index contributed by atoms with van der Waals surface area (Å²) in [6, 6.07) is 16.0. The lowest BCUT2D eigenvalue weighted by Gasteiger charge is -2.38. The number of hydrogen-bond donors (Lipinski definition) is 2. The molecule has 0 aliphatic carbocycles. The molecule has 1 saturated heterocycles. The molecule has 156 valence electrons. The molecule has 1 heterocycles. The fourth-order valence-electron chi connectivity index (χ4n) is 3.75. The molecular weight excluding hydrogens is 364 g/mol. The van der Waals surface area contributed by atoms with Gasteiger partial charge in [0.25, 0.3) is 0 Å². The predicted octanol–water partition coefficient (Wildman–Crippen LogP) is 4.86. The van der Waals surface area contributed by atoms with E-state index in [1.54, 1.807) is 7.11 Å². The standard InChI is InChI=1S/C24H32N2O3/c1-23(2,3)18-5-9-20(10-6-18)26-22(27)25-17-24(13-15-29-16-14-24)19-7-11-21(28-4)12-8-19/h5-12H,13-17H2,1-4H3,(H2,25,26,27). The van der Waals surface area contributed by atoms with Crippen molar-refractivity contribution in [3.63, 3.8) is 0 Å². The maximum atomic E-state index is 12.5. The Labute approximate surface area is 173 Å². The van der Waals surface area contributed by atoms with E-state index in [0.29, 0.717) is 19.8 Å². The molecule has 0 aromatic heterocycles. The van der Waals surface area contributed by atoms with E-state index in [0.717, 1.165) is 24.3 Å². The zero-order valence-electron chi connectivity index (χ0n) is 17.9. The van der Waals surface area contributed by atoms with Gasteiger partial charge in [-0.25, -0.2) is 4.79 Å². The Hall–Kier alpha value is -2.53. The Morgan fingerprint density at radius 3 is 2.21 bits per heavy atom. The van der Waals surface area contributed by atoms with Gasteiger partial charge in [0.1, 0.15) is 5.75 Å². The molecule has 1 aliphatic rings. The van der Waals surface area contributed by atoms with Gasteiger partial charge in [0, 0.05) is 30.9 Å². The molecule has 2 N–H and O–H groups in total. The normalized spacial score (nSPS) is 16.1. The van der Waals surface area contributed by atoms with Crippen LogP contribution >= 0.6 is 0 Å². The fourth-order valence-corrected chi connectivity index (χ4v) is 3.75. The first-order valence-corrected chi connectivity index (χ1v) is 10.2. The van der Waals surface area contributed by atoms with Crippen molar-refractivity contribution < 1.29 is 14.3 Å². The third-order valence-corrected chi connectivity index (χ3v) is 5.75. The summed E-state index contributed by atoms with van der Waals surface area (Å²) in [5.41, 5.74) is 3.20. The largest absolute Gasteiger partial charge is 0.497 e. The lowest BCUT2D eigenvalue weighted by molar-refractivity contribution is 0.0508. The number of carbonyl (C=O) groups is 1. The molecule has 0 radical (unpaired) electrons. The van der Waals surface area contributed by atoms with Gasteiger partial charge in [0.2, 0.25) is 0 Å². The molecule has 5 heteroatoms. The second-order valence-electron chi connectivity index (χ2n) is 8.76. The van der Waals surface area contributed by atoms with Crippen LogP contribution in [0.1, 0.15) is 44.7 Å². The van der Waals surface area contributed by atoms with Crippen molar-refractivity contribution in [3.8, 4) is 5.75 Å². The van der Waals surface area contributed by atoms with Gasteiger partial charge in [0.15, 0.2) is 0 Å². The summed E-state index contributed by atoms with van der Waals surface area (Å²) in [4.78, 5) is 12.5. The number of nitrogens with one attached hydrogen (secondary N) is 2. The van der Waals surface area contributed by atoms with E-state index >= 15 is 0 Å². The van der Waals surface area contributed by atoms with E-state index in [9.17, 15) is 4.79 Å². The summed E-state index contributed by atoms with van der Waals surface area (Å²) in [5, 5.41) is 6.02. The monoisotopic (exact) mass is 396 g/mol. The summed E-state index contributed by atoms with van der Waals surface area (Å²) in [7, 11) is 1.67. The van der Waals surface area contributed by atoms with Crippen LogP contribution in [0, 0.1) is 0 Å². The number of benzene rings is 2. The van der Waals surface area contributed by atoms with Gasteiger partial charge in [-0.05, 0) is 53.6 Å². The molecule has 0 unspecified atom stereocenters.